The summed E-state index contributed by atoms with van der Waals surface area (Å²) in [5, 5.41) is 27.5. The predicted molar refractivity (Wildman–Crippen MR) is 71.3 cm³/mol. The van der Waals surface area contributed by atoms with E-state index >= 15 is 0 Å². The first kappa shape index (κ1) is 17.3. The molecule has 0 rings (SSSR count). The van der Waals surface area contributed by atoms with Gasteiger partial charge in [-0.1, -0.05) is 29.8 Å². The Morgan fingerprint density at radius 3 is 2.35 bits per heavy atom. The minimum atomic E-state index is -0.866. The smallest absolute Gasteiger partial charge is 0.100 e. The lowest BCUT2D eigenvalue weighted by atomic mass is 9.91. The number of aliphatic hydroxyl groups is 3. The van der Waals surface area contributed by atoms with Crippen molar-refractivity contribution < 1.29 is 20.1 Å². The maximum atomic E-state index is 9.87. The van der Waals surface area contributed by atoms with Gasteiger partial charge in [0.05, 0.1) is 25.9 Å². The summed E-state index contributed by atoms with van der Waals surface area (Å²) in [6, 6.07) is 0. The van der Waals surface area contributed by atoms with E-state index in [0.29, 0.717) is 0 Å². The van der Waals surface area contributed by atoms with Crippen LogP contribution in [0.4, 0.5) is 0 Å². The first-order valence-electron chi connectivity index (χ1n) is 6.06. The molecular formula is C12H25BrO4. The molecule has 0 fully saturated rings. The summed E-state index contributed by atoms with van der Waals surface area (Å²) in [6.07, 6.45) is 0.434. The summed E-state index contributed by atoms with van der Waals surface area (Å²) in [4.78, 5) is 0. The average Bonchev–Trinajstić information content (AvgIpc) is 2.28. The molecule has 0 bridgehead atoms. The number of aliphatic hydroxyl groups excluding tert-OH is 3. The molecule has 0 aromatic heterocycles. The zero-order chi connectivity index (χ0) is 13.5. The highest BCUT2D eigenvalue weighted by Gasteiger charge is 2.25. The first-order valence-corrected chi connectivity index (χ1v) is 6.85. The Balaban J connectivity index is 3.86. The van der Waals surface area contributed by atoms with E-state index in [1.54, 1.807) is 0 Å². The molecule has 0 aliphatic heterocycles. The Bertz CT molecular complexity index is 199. The second-order valence-corrected chi connectivity index (χ2v) is 6.80. The Morgan fingerprint density at radius 2 is 1.88 bits per heavy atom. The molecule has 0 saturated heterocycles. The van der Waals surface area contributed by atoms with E-state index in [0.717, 1.165) is 12.8 Å². The van der Waals surface area contributed by atoms with Crippen molar-refractivity contribution in [2.75, 3.05) is 19.8 Å². The van der Waals surface area contributed by atoms with E-state index in [1.807, 2.05) is 6.92 Å². The van der Waals surface area contributed by atoms with Gasteiger partial charge in [0.1, 0.15) is 6.10 Å². The van der Waals surface area contributed by atoms with Crippen molar-refractivity contribution in [1.29, 1.82) is 0 Å². The van der Waals surface area contributed by atoms with Gasteiger partial charge in [0, 0.05) is 4.32 Å². The zero-order valence-electron chi connectivity index (χ0n) is 10.9. The molecule has 0 saturated carbocycles. The molecule has 0 amide bonds. The molecule has 0 aromatic rings. The molecule has 0 spiro atoms. The normalized spacial score (nSPS) is 20.6. The lowest BCUT2D eigenvalue weighted by Gasteiger charge is -2.27. The van der Waals surface area contributed by atoms with E-state index in [2.05, 4.69) is 29.8 Å². The van der Waals surface area contributed by atoms with E-state index < -0.39 is 12.2 Å². The summed E-state index contributed by atoms with van der Waals surface area (Å²) in [5.41, 5.74) is 0. The van der Waals surface area contributed by atoms with Crippen LogP contribution in [-0.2, 0) is 4.74 Å². The largest absolute Gasteiger partial charge is 0.394 e. The highest BCUT2D eigenvalue weighted by Crippen LogP contribution is 2.30. The second-order valence-electron chi connectivity index (χ2n) is 4.89. The molecule has 17 heavy (non-hydrogen) atoms. The van der Waals surface area contributed by atoms with Crippen LogP contribution in [0.25, 0.3) is 0 Å². The van der Waals surface area contributed by atoms with E-state index in [4.69, 9.17) is 14.9 Å². The highest BCUT2D eigenvalue weighted by atomic mass is 79.9. The van der Waals surface area contributed by atoms with Gasteiger partial charge in [0.25, 0.3) is 0 Å². The van der Waals surface area contributed by atoms with Crippen LogP contribution < -0.4 is 0 Å². The second kappa shape index (κ2) is 8.43. The van der Waals surface area contributed by atoms with Crippen LogP contribution in [-0.4, -0.2) is 51.7 Å². The van der Waals surface area contributed by atoms with Crippen LogP contribution in [0.2, 0.25) is 0 Å². The Morgan fingerprint density at radius 1 is 1.29 bits per heavy atom. The van der Waals surface area contributed by atoms with Crippen LogP contribution >= 0.6 is 15.9 Å². The van der Waals surface area contributed by atoms with Gasteiger partial charge >= 0.3 is 0 Å². The van der Waals surface area contributed by atoms with Crippen LogP contribution in [0.3, 0.4) is 0 Å². The van der Waals surface area contributed by atoms with Crippen molar-refractivity contribution in [3.63, 3.8) is 0 Å². The fourth-order valence-corrected chi connectivity index (χ4v) is 2.00. The standard InChI is InChI=1S/C12H25BrO4/c1-4-12(3,13)5-9(2)11(16)8-17-7-10(15)6-14/h9-11,14-16H,4-8H2,1-3H3. The van der Waals surface area contributed by atoms with Gasteiger partial charge in [-0.3, -0.25) is 0 Å². The predicted octanol–water partition coefficient (Wildman–Crippen LogP) is 1.31. The lowest BCUT2D eigenvalue weighted by molar-refractivity contribution is -0.0383. The van der Waals surface area contributed by atoms with Crippen molar-refractivity contribution >= 4 is 15.9 Å². The fourth-order valence-electron chi connectivity index (χ4n) is 1.49. The van der Waals surface area contributed by atoms with Gasteiger partial charge in [-0.2, -0.15) is 0 Å². The quantitative estimate of drug-likeness (QED) is 0.561. The van der Waals surface area contributed by atoms with Gasteiger partial charge in [0.15, 0.2) is 0 Å². The SMILES string of the molecule is CCC(C)(Br)CC(C)C(O)COCC(O)CO. The molecule has 104 valence electrons. The summed E-state index contributed by atoms with van der Waals surface area (Å²) in [7, 11) is 0. The van der Waals surface area contributed by atoms with Crippen LogP contribution in [0.5, 0.6) is 0 Å². The molecule has 4 nitrogen and oxygen atoms in total. The van der Waals surface area contributed by atoms with Crippen molar-refractivity contribution in [3.8, 4) is 0 Å². The van der Waals surface area contributed by atoms with E-state index in [1.165, 1.54) is 0 Å². The summed E-state index contributed by atoms with van der Waals surface area (Å²) in [5.74, 6) is 0.116. The van der Waals surface area contributed by atoms with E-state index in [9.17, 15) is 5.11 Å². The highest BCUT2D eigenvalue weighted by molar-refractivity contribution is 9.10. The maximum absolute atomic E-state index is 9.87. The summed E-state index contributed by atoms with van der Waals surface area (Å²) >= 11 is 3.63. The molecule has 5 heteroatoms. The number of alkyl halides is 1. The van der Waals surface area contributed by atoms with Gasteiger partial charge in [0.2, 0.25) is 0 Å². The zero-order valence-corrected chi connectivity index (χ0v) is 12.5. The number of halogens is 1. The monoisotopic (exact) mass is 312 g/mol. The Labute approximate surface area is 112 Å². The maximum Gasteiger partial charge on any atom is 0.100 e. The average molecular weight is 313 g/mol. The van der Waals surface area contributed by atoms with Crippen molar-refractivity contribution in [2.45, 2.75) is 50.1 Å². The Hall–Kier alpha value is 0.320. The molecule has 0 aliphatic rings. The van der Waals surface area contributed by atoms with Crippen molar-refractivity contribution in [1.82, 2.24) is 0 Å². The third kappa shape index (κ3) is 8.11. The Kier molecular flexibility index (Phi) is 8.59. The van der Waals surface area contributed by atoms with Crippen LogP contribution in [0, 0.1) is 5.92 Å². The van der Waals surface area contributed by atoms with Gasteiger partial charge in [-0.25, -0.2) is 0 Å². The number of ether oxygens (including phenoxy) is 1. The van der Waals surface area contributed by atoms with Crippen molar-refractivity contribution in [2.24, 2.45) is 5.92 Å². The van der Waals surface area contributed by atoms with Gasteiger partial charge < -0.3 is 20.1 Å². The third-order valence-electron chi connectivity index (χ3n) is 2.95. The molecule has 4 unspecified atom stereocenters. The molecule has 0 radical (unpaired) electrons. The summed E-state index contributed by atoms with van der Waals surface area (Å²) in [6.45, 7) is 6.10. The molecule has 0 heterocycles. The molecule has 0 aliphatic carbocycles. The van der Waals surface area contributed by atoms with Crippen LogP contribution in [0.15, 0.2) is 0 Å². The minimum Gasteiger partial charge on any atom is -0.394 e. The molecular weight excluding hydrogens is 288 g/mol. The fraction of sp³-hybridized carbons (Fsp3) is 1.00. The number of hydrogen-bond acceptors (Lipinski definition) is 4. The molecule has 0 aromatic carbocycles. The third-order valence-corrected chi connectivity index (χ3v) is 3.84. The summed E-state index contributed by atoms with van der Waals surface area (Å²) < 4.78 is 5.18. The van der Waals surface area contributed by atoms with Crippen LogP contribution in [0.1, 0.15) is 33.6 Å². The minimum absolute atomic E-state index is 0.0397. The number of rotatable bonds is 9. The van der Waals surface area contributed by atoms with Gasteiger partial charge in [-0.05, 0) is 25.7 Å². The molecule has 4 atom stereocenters. The van der Waals surface area contributed by atoms with Crippen molar-refractivity contribution in [3.05, 3.63) is 0 Å². The van der Waals surface area contributed by atoms with E-state index in [-0.39, 0.29) is 30.1 Å². The lowest BCUT2D eigenvalue weighted by Crippen LogP contribution is -2.31. The van der Waals surface area contributed by atoms with Gasteiger partial charge in [-0.15, -0.1) is 0 Å². The topological polar surface area (TPSA) is 69.9 Å². The number of hydrogen-bond donors (Lipinski definition) is 3. The first-order chi connectivity index (χ1) is 7.82. The molecule has 3 N–H and O–H groups in total.